The van der Waals surface area contributed by atoms with Crippen molar-refractivity contribution in [3.8, 4) is 0 Å². The minimum absolute atomic E-state index is 0.729. The fraction of sp³-hybridized carbons (Fsp3) is 0.400. The number of benzene rings is 1. The van der Waals surface area contributed by atoms with Crippen molar-refractivity contribution in [2.45, 2.75) is 38.0 Å². The highest BCUT2D eigenvalue weighted by Crippen LogP contribution is 2.34. The highest BCUT2D eigenvalue weighted by Gasteiger charge is 2.15. The lowest BCUT2D eigenvalue weighted by molar-refractivity contribution is 0.444. The molecular weight excluding hydrogens is 208 g/mol. The summed E-state index contributed by atoms with van der Waals surface area (Å²) >= 11 is 0. The van der Waals surface area contributed by atoms with Gasteiger partial charge in [-0.05, 0) is 42.5 Å². The highest BCUT2D eigenvalue weighted by molar-refractivity contribution is 5.90. The third kappa shape index (κ3) is 1.99. The Morgan fingerprint density at radius 2 is 1.88 bits per heavy atom. The number of fused-ring (bicyclic) bond motifs is 1. The maximum atomic E-state index is 6.01. The molecule has 0 atom stereocenters. The Morgan fingerprint density at radius 3 is 2.71 bits per heavy atom. The first-order chi connectivity index (χ1) is 8.34. The van der Waals surface area contributed by atoms with Crippen LogP contribution in [0.25, 0.3) is 10.9 Å². The lowest BCUT2D eigenvalue weighted by Crippen LogP contribution is -2.04. The minimum atomic E-state index is 0.729. The molecule has 0 amide bonds. The lowest BCUT2D eigenvalue weighted by atomic mass is 9.83. The number of anilines is 1. The minimum Gasteiger partial charge on any atom is -0.398 e. The molecule has 0 aliphatic heterocycles. The van der Waals surface area contributed by atoms with E-state index in [1.54, 1.807) is 6.20 Å². The zero-order valence-electron chi connectivity index (χ0n) is 10.0. The predicted molar refractivity (Wildman–Crippen MR) is 72.0 cm³/mol. The highest BCUT2D eigenvalue weighted by atomic mass is 14.7. The molecular formula is C15H18N2. The SMILES string of the molecule is Nc1ccnc2ccc(C3CCCCC3)cc12. The Balaban J connectivity index is 2.03. The summed E-state index contributed by atoms with van der Waals surface area (Å²) in [6.45, 7) is 0. The van der Waals surface area contributed by atoms with Crippen molar-refractivity contribution in [1.82, 2.24) is 4.98 Å². The lowest BCUT2D eigenvalue weighted by Gasteiger charge is -2.22. The smallest absolute Gasteiger partial charge is 0.0722 e. The molecule has 1 aromatic heterocycles. The number of nitrogens with two attached hydrogens (primary N) is 1. The summed E-state index contributed by atoms with van der Waals surface area (Å²) < 4.78 is 0. The number of rotatable bonds is 1. The maximum absolute atomic E-state index is 6.01. The third-order valence-corrected chi connectivity index (χ3v) is 3.88. The fourth-order valence-electron chi connectivity index (χ4n) is 2.87. The average molecular weight is 226 g/mol. The molecule has 2 nitrogen and oxygen atoms in total. The van der Waals surface area contributed by atoms with Crippen molar-refractivity contribution in [3.63, 3.8) is 0 Å². The van der Waals surface area contributed by atoms with Crippen LogP contribution in [0.15, 0.2) is 30.5 Å². The van der Waals surface area contributed by atoms with Crippen LogP contribution in [0.3, 0.4) is 0 Å². The number of nitrogens with zero attached hydrogens (tertiary/aromatic N) is 1. The van der Waals surface area contributed by atoms with Crippen LogP contribution in [0, 0.1) is 0 Å². The number of hydrogen-bond acceptors (Lipinski definition) is 2. The molecule has 3 rings (SSSR count). The first kappa shape index (κ1) is 10.6. The van der Waals surface area contributed by atoms with Gasteiger partial charge in [0.2, 0.25) is 0 Å². The molecule has 2 N–H and O–H groups in total. The average Bonchev–Trinajstić information content (AvgIpc) is 2.40. The van der Waals surface area contributed by atoms with Crippen LogP contribution < -0.4 is 5.73 Å². The van der Waals surface area contributed by atoms with Gasteiger partial charge in [-0.15, -0.1) is 0 Å². The Morgan fingerprint density at radius 1 is 1.06 bits per heavy atom. The Hall–Kier alpha value is -1.57. The largest absolute Gasteiger partial charge is 0.398 e. The van der Waals surface area contributed by atoms with Gasteiger partial charge in [-0.3, -0.25) is 4.98 Å². The van der Waals surface area contributed by atoms with Crippen LogP contribution >= 0.6 is 0 Å². The molecule has 0 radical (unpaired) electrons. The zero-order valence-corrected chi connectivity index (χ0v) is 10.0. The van der Waals surface area contributed by atoms with Crippen LogP contribution in [-0.4, -0.2) is 4.98 Å². The van der Waals surface area contributed by atoms with Crippen molar-refractivity contribution in [2.24, 2.45) is 0 Å². The summed E-state index contributed by atoms with van der Waals surface area (Å²) in [5, 5.41) is 1.11. The second-order valence-electron chi connectivity index (χ2n) is 5.01. The van der Waals surface area contributed by atoms with Gasteiger partial charge in [0.1, 0.15) is 0 Å². The van der Waals surface area contributed by atoms with Crippen LogP contribution in [-0.2, 0) is 0 Å². The summed E-state index contributed by atoms with van der Waals surface area (Å²) in [6, 6.07) is 8.46. The van der Waals surface area contributed by atoms with E-state index in [9.17, 15) is 0 Å². The van der Waals surface area contributed by atoms with Gasteiger partial charge in [-0.1, -0.05) is 25.3 Å². The summed E-state index contributed by atoms with van der Waals surface area (Å²) in [7, 11) is 0. The molecule has 0 saturated heterocycles. The van der Waals surface area contributed by atoms with E-state index in [0.29, 0.717) is 0 Å². The summed E-state index contributed by atoms with van der Waals surface area (Å²) in [5.41, 5.74) is 9.30. The fourth-order valence-corrected chi connectivity index (χ4v) is 2.87. The standard InChI is InChI=1S/C15H18N2/c16-14-8-9-17-15-7-6-12(10-13(14)15)11-4-2-1-3-5-11/h6-11H,1-5H2,(H2,16,17). The molecule has 88 valence electrons. The van der Waals surface area contributed by atoms with Gasteiger partial charge in [0, 0.05) is 17.3 Å². The van der Waals surface area contributed by atoms with E-state index in [1.807, 2.05) is 6.07 Å². The van der Waals surface area contributed by atoms with Crippen molar-refractivity contribution in [1.29, 1.82) is 0 Å². The molecule has 2 heteroatoms. The number of pyridine rings is 1. The van der Waals surface area contributed by atoms with Crippen LogP contribution in [0.2, 0.25) is 0 Å². The normalized spacial score (nSPS) is 17.4. The van der Waals surface area contributed by atoms with Gasteiger partial charge in [0.25, 0.3) is 0 Å². The molecule has 1 heterocycles. The third-order valence-electron chi connectivity index (χ3n) is 3.88. The van der Waals surface area contributed by atoms with E-state index in [4.69, 9.17) is 5.73 Å². The van der Waals surface area contributed by atoms with E-state index in [2.05, 4.69) is 23.2 Å². The van der Waals surface area contributed by atoms with E-state index >= 15 is 0 Å². The maximum Gasteiger partial charge on any atom is 0.0722 e. The van der Waals surface area contributed by atoms with Gasteiger partial charge in [0.15, 0.2) is 0 Å². The first-order valence-corrected chi connectivity index (χ1v) is 6.49. The topological polar surface area (TPSA) is 38.9 Å². The van der Waals surface area contributed by atoms with Crippen molar-refractivity contribution >= 4 is 16.6 Å². The Labute approximate surface area is 102 Å². The molecule has 17 heavy (non-hydrogen) atoms. The predicted octanol–water partition coefficient (Wildman–Crippen LogP) is 3.86. The number of aromatic nitrogens is 1. The zero-order chi connectivity index (χ0) is 11.7. The van der Waals surface area contributed by atoms with Crippen LogP contribution in [0.4, 0.5) is 5.69 Å². The van der Waals surface area contributed by atoms with Crippen molar-refractivity contribution in [3.05, 3.63) is 36.0 Å². The van der Waals surface area contributed by atoms with Crippen LogP contribution in [0.5, 0.6) is 0 Å². The van der Waals surface area contributed by atoms with Gasteiger partial charge < -0.3 is 5.73 Å². The molecule has 1 fully saturated rings. The summed E-state index contributed by atoms with van der Waals surface area (Å²) in [6.07, 6.45) is 8.56. The molecule has 1 aliphatic rings. The second-order valence-corrected chi connectivity index (χ2v) is 5.01. The van der Waals surface area contributed by atoms with E-state index in [0.717, 1.165) is 22.5 Å². The molecule has 2 aromatic rings. The second kappa shape index (κ2) is 4.36. The van der Waals surface area contributed by atoms with Crippen LogP contribution in [0.1, 0.15) is 43.6 Å². The van der Waals surface area contributed by atoms with E-state index in [-0.39, 0.29) is 0 Å². The Bertz CT molecular complexity index is 527. The van der Waals surface area contributed by atoms with Crippen molar-refractivity contribution in [2.75, 3.05) is 5.73 Å². The summed E-state index contributed by atoms with van der Waals surface area (Å²) in [5.74, 6) is 0.729. The van der Waals surface area contributed by atoms with Gasteiger partial charge >= 0.3 is 0 Å². The van der Waals surface area contributed by atoms with Gasteiger partial charge in [-0.2, -0.15) is 0 Å². The molecule has 1 aliphatic carbocycles. The molecule has 1 aromatic carbocycles. The van der Waals surface area contributed by atoms with Gasteiger partial charge in [0.05, 0.1) is 5.52 Å². The monoisotopic (exact) mass is 226 g/mol. The molecule has 1 saturated carbocycles. The number of hydrogen-bond donors (Lipinski definition) is 1. The first-order valence-electron chi connectivity index (χ1n) is 6.49. The quantitative estimate of drug-likeness (QED) is 0.801. The van der Waals surface area contributed by atoms with Crippen molar-refractivity contribution < 1.29 is 0 Å². The molecule has 0 bridgehead atoms. The number of nitrogen functional groups attached to an aromatic ring is 1. The Kier molecular flexibility index (Phi) is 2.71. The van der Waals surface area contributed by atoms with E-state index in [1.165, 1.54) is 37.7 Å². The molecule has 0 unspecified atom stereocenters. The van der Waals surface area contributed by atoms with E-state index < -0.39 is 0 Å². The molecule has 0 spiro atoms. The van der Waals surface area contributed by atoms with Gasteiger partial charge in [-0.25, -0.2) is 0 Å². The summed E-state index contributed by atoms with van der Waals surface area (Å²) in [4.78, 5) is 4.35.